The minimum atomic E-state index is -0.120. The molecule has 2 heteroatoms. The quantitative estimate of drug-likeness (QED) is 0.225. The molecule has 4 rings (SSSR count). The van der Waals surface area contributed by atoms with Crippen molar-refractivity contribution in [2.75, 3.05) is 0 Å². The van der Waals surface area contributed by atoms with E-state index in [1.54, 1.807) is 27.6 Å². The van der Waals surface area contributed by atoms with E-state index in [9.17, 15) is 0 Å². The predicted molar refractivity (Wildman–Crippen MR) is 154 cm³/mol. The molecule has 0 heterocycles. The molecule has 0 bridgehead atoms. The maximum atomic E-state index is 2.56. The van der Waals surface area contributed by atoms with E-state index >= 15 is 0 Å². The fraction of sp³-hybridized carbons (Fsp3) is 0.636. The monoisotopic (exact) mass is 582 g/mol. The van der Waals surface area contributed by atoms with Crippen LogP contribution in [-0.2, 0) is 20.4 Å². The van der Waals surface area contributed by atoms with Crippen LogP contribution in [0.15, 0.2) is 36.4 Å². The number of hydrogen-bond acceptors (Lipinski definition) is 0. The van der Waals surface area contributed by atoms with Crippen molar-refractivity contribution in [2.24, 2.45) is 0 Å². The van der Waals surface area contributed by atoms with E-state index in [1.807, 2.05) is 0 Å². The average molecular weight is 583 g/mol. The van der Waals surface area contributed by atoms with Crippen LogP contribution < -0.4 is 5.30 Å². The Kier molecular flexibility index (Phi) is 11.1. The van der Waals surface area contributed by atoms with Gasteiger partial charge in [-0.2, -0.15) is 0 Å². The van der Waals surface area contributed by atoms with Crippen LogP contribution in [0.3, 0.4) is 0 Å². The normalized spacial score (nSPS) is 18.0. The molecule has 2 saturated carbocycles. The van der Waals surface area contributed by atoms with E-state index in [4.69, 9.17) is 0 Å². The summed E-state index contributed by atoms with van der Waals surface area (Å²) >= 11 is 0. The summed E-state index contributed by atoms with van der Waals surface area (Å²) in [6, 6.07) is 14.8. The molecule has 0 unspecified atom stereocenters. The van der Waals surface area contributed by atoms with Gasteiger partial charge in [0.1, 0.15) is 0 Å². The Morgan fingerprint density at radius 2 is 1.09 bits per heavy atom. The molecule has 195 valence electrons. The molecule has 2 aliphatic rings. The molecule has 0 amide bonds. The molecule has 0 atom stereocenters. The Balaban J connectivity index is 0.00000342. The Morgan fingerprint density at radius 1 is 0.629 bits per heavy atom. The van der Waals surface area contributed by atoms with Gasteiger partial charge in [-0.05, 0) is 87.9 Å². The van der Waals surface area contributed by atoms with Crippen molar-refractivity contribution in [1.82, 2.24) is 0 Å². The van der Waals surface area contributed by atoms with E-state index in [2.05, 4.69) is 77.9 Å². The first kappa shape index (κ1) is 29.1. The maximum Gasteiger partial charge on any atom is 1.00 e. The van der Waals surface area contributed by atoms with Crippen LogP contribution in [0.4, 0.5) is 0 Å². The molecule has 2 aliphatic carbocycles. The minimum absolute atomic E-state index is 0. The largest absolute Gasteiger partial charge is 1.00 e. The maximum absolute atomic E-state index is 2.56. The Bertz CT molecular complexity index is 885. The van der Waals surface area contributed by atoms with Crippen LogP contribution in [-0.4, -0.2) is 11.3 Å². The van der Waals surface area contributed by atoms with Crippen LogP contribution >= 0.6 is 7.92 Å². The summed E-state index contributed by atoms with van der Waals surface area (Å²) in [4.78, 5) is 0. The Labute approximate surface area is 231 Å². The Morgan fingerprint density at radius 3 is 1.51 bits per heavy atom. The van der Waals surface area contributed by atoms with Crippen LogP contribution in [0.1, 0.15) is 140 Å². The van der Waals surface area contributed by atoms with Gasteiger partial charge in [-0.15, -0.1) is 0 Å². The van der Waals surface area contributed by atoms with Gasteiger partial charge in [-0.25, -0.2) is 0 Å². The molecule has 1 radical (unpaired) electrons. The first-order valence-corrected chi connectivity index (χ1v) is 15.9. The van der Waals surface area contributed by atoms with Crippen molar-refractivity contribution in [3.63, 3.8) is 0 Å². The molecule has 2 fully saturated rings. The molecule has 0 aromatic heterocycles. The summed E-state index contributed by atoms with van der Waals surface area (Å²) in [5.74, 6) is 1.64. The summed E-state index contributed by atoms with van der Waals surface area (Å²) in [6.45, 7) is 14.3. The smallest absolute Gasteiger partial charge is 0.0683 e. The molecular formula is C33H49PPd+. The molecule has 0 aliphatic heterocycles. The van der Waals surface area contributed by atoms with Crippen LogP contribution in [0.25, 0.3) is 11.1 Å². The molecular weight excluding hydrogens is 534 g/mol. The van der Waals surface area contributed by atoms with E-state index < -0.39 is 0 Å². The third-order valence-corrected chi connectivity index (χ3v) is 12.1. The van der Waals surface area contributed by atoms with Gasteiger partial charge in [0.25, 0.3) is 0 Å². The van der Waals surface area contributed by atoms with E-state index in [0.717, 1.165) is 11.3 Å². The van der Waals surface area contributed by atoms with Crippen molar-refractivity contribution in [3.05, 3.63) is 53.1 Å². The summed E-state index contributed by atoms with van der Waals surface area (Å²) in [5.41, 5.74) is 9.71. The van der Waals surface area contributed by atoms with E-state index in [-0.39, 0.29) is 28.3 Å². The second kappa shape index (κ2) is 13.4. The molecule has 35 heavy (non-hydrogen) atoms. The van der Waals surface area contributed by atoms with E-state index in [0.29, 0.717) is 17.8 Å². The van der Waals surface area contributed by atoms with Crippen molar-refractivity contribution < 1.29 is 20.4 Å². The summed E-state index contributed by atoms with van der Waals surface area (Å²) in [6.07, 6.45) is 14.6. The van der Waals surface area contributed by atoms with Gasteiger partial charge in [0.15, 0.2) is 0 Å². The fourth-order valence-electron chi connectivity index (χ4n) is 6.59. The summed E-state index contributed by atoms with van der Waals surface area (Å²) in [5, 5.41) is 1.75. The first-order valence-electron chi connectivity index (χ1n) is 14.4. The van der Waals surface area contributed by atoms with Crippen molar-refractivity contribution in [1.29, 1.82) is 0 Å². The number of benzene rings is 2. The fourth-order valence-corrected chi connectivity index (χ4v) is 10.5. The predicted octanol–water partition coefficient (Wildman–Crippen LogP) is 10.5. The zero-order valence-electron chi connectivity index (χ0n) is 23.2. The molecule has 0 nitrogen and oxygen atoms in total. The van der Waals surface area contributed by atoms with Crippen LogP contribution in [0.2, 0.25) is 0 Å². The van der Waals surface area contributed by atoms with Gasteiger partial charge in [0, 0.05) is 0 Å². The van der Waals surface area contributed by atoms with Gasteiger partial charge in [0.05, 0.1) is 0 Å². The third-order valence-electron chi connectivity index (χ3n) is 8.52. The summed E-state index contributed by atoms with van der Waals surface area (Å²) in [7, 11) is -0.120. The zero-order chi connectivity index (χ0) is 24.2. The van der Waals surface area contributed by atoms with Gasteiger partial charge >= 0.3 is 20.4 Å². The van der Waals surface area contributed by atoms with Crippen molar-refractivity contribution in [2.45, 2.75) is 135 Å². The second-order valence-electron chi connectivity index (χ2n) is 12.0. The molecule has 0 saturated heterocycles. The van der Waals surface area contributed by atoms with E-state index in [1.165, 1.54) is 69.8 Å². The van der Waals surface area contributed by atoms with Crippen LogP contribution in [0.5, 0.6) is 0 Å². The SMILES string of the molecule is CC(C)c1cc(C(C)C)c(-c2ccccc2P(C2CCCCC2)C2CCCCC2)c(C(C)C)c1.[Pd+]. The molecule has 0 N–H and O–H groups in total. The standard InChI is InChI=1S/C33H49P.Pd/c1-23(2)26-21-30(24(3)4)33(31(22-26)25(5)6)29-19-13-14-20-32(29)34(27-15-9-7-10-16-27)28-17-11-8-12-18-28;/h13-14,19-25,27-28H,7-12,15-18H2,1-6H3;/q;+1. The number of hydrogen-bond donors (Lipinski definition) is 0. The van der Waals surface area contributed by atoms with Gasteiger partial charge < -0.3 is 0 Å². The van der Waals surface area contributed by atoms with Crippen LogP contribution in [0, 0.1) is 0 Å². The molecule has 2 aromatic rings. The number of rotatable bonds is 7. The second-order valence-corrected chi connectivity index (χ2v) is 14.8. The third kappa shape index (κ3) is 6.70. The Hall–Kier alpha value is -0.468. The summed E-state index contributed by atoms with van der Waals surface area (Å²) < 4.78 is 0. The topological polar surface area (TPSA) is 0 Å². The van der Waals surface area contributed by atoms with Crippen molar-refractivity contribution >= 4 is 13.2 Å². The average Bonchev–Trinajstić information content (AvgIpc) is 2.85. The molecule has 0 spiro atoms. The zero-order valence-corrected chi connectivity index (χ0v) is 25.6. The minimum Gasteiger partial charge on any atom is -0.0683 e. The molecule has 2 aromatic carbocycles. The van der Waals surface area contributed by atoms with Gasteiger partial charge in [0.2, 0.25) is 0 Å². The first-order chi connectivity index (χ1) is 16.4. The van der Waals surface area contributed by atoms with Gasteiger partial charge in [-0.3, -0.25) is 0 Å². The van der Waals surface area contributed by atoms with Gasteiger partial charge in [-0.1, -0.05) is 124 Å². The van der Waals surface area contributed by atoms with Crippen molar-refractivity contribution in [3.8, 4) is 11.1 Å².